The summed E-state index contributed by atoms with van der Waals surface area (Å²) in [4.78, 5) is 11.4. The van der Waals surface area contributed by atoms with E-state index in [1.807, 2.05) is 0 Å². The third kappa shape index (κ3) is 8.15. The zero-order chi connectivity index (χ0) is 16.1. The molecule has 0 fully saturated rings. The standard InChI is InChI=1S/C11H13F3N2O4S/c1-21(18,19)16-9-4-2-3-8(5-9)15-10(17)6-20-7-11(12,13)14/h2-5,16H,6-7H2,1H3,(H,15,17). The number of anilines is 2. The molecule has 0 aliphatic rings. The molecule has 118 valence electrons. The Morgan fingerprint density at radius 3 is 2.48 bits per heavy atom. The first kappa shape index (κ1) is 17.2. The van der Waals surface area contributed by atoms with Gasteiger partial charge in [-0.05, 0) is 18.2 Å². The predicted molar refractivity (Wildman–Crippen MR) is 70.4 cm³/mol. The van der Waals surface area contributed by atoms with Crippen LogP contribution in [0.3, 0.4) is 0 Å². The second-order valence-electron chi connectivity index (χ2n) is 4.11. The van der Waals surface area contributed by atoms with E-state index in [-0.39, 0.29) is 11.4 Å². The molecule has 0 unspecified atom stereocenters. The molecule has 0 saturated carbocycles. The van der Waals surface area contributed by atoms with Gasteiger partial charge in [0.25, 0.3) is 0 Å². The Bertz CT molecular complexity index is 602. The van der Waals surface area contributed by atoms with Crippen molar-refractivity contribution in [3.05, 3.63) is 24.3 Å². The van der Waals surface area contributed by atoms with E-state index in [0.29, 0.717) is 0 Å². The van der Waals surface area contributed by atoms with E-state index in [1.165, 1.54) is 24.3 Å². The van der Waals surface area contributed by atoms with Crippen molar-refractivity contribution in [3.8, 4) is 0 Å². The highest BCUT2D eigenvalue weighted by Crippen LogP contribution is 2.16. The van der Waals surface area contributed by atoms with Gasteiger partial charge in [-0.15, -0.1) is 0 Å². The highest BCUT2D eigenvalue weighted by atomic mass is 32.2. The topological polar surface area (TPSA) is 84.5 Å². The molecular formula is C11H13F3N2O4S. The summed E-state index contributed by atoms with van der Waals surface area (Å²) in [5.74, 6) is -0.782. The quantitative estimate of drug-likeness (QED) is 0.831. The molecular weight excluding hydrogens is 313 g/mol. The lowest BCUT2D eigenvalue weighted by molar-refractivity contribution is -0.174. The van der Waals surface area contributed by atoms with Crippen LogP contribution in [-0.4, -0.2) is 40.0 Å². The Kier molecular flexibility index (Phi) is 5.55. The fourth-order valence-electron chi connectivity index (χ4n) is 1.33. The van der Waals surface area contributed by atoms with Gasteiger partial charge in [-0.25, -0.2) is 8.42 Å². The van der Waals surface area contributed by atoms with Crippen molar-refractivity contribution < 1.29 is 31.1 Å². The average molecular weight is 326 g/mol. The van der Waals surface area contributed by atoms with Crippen molar-refractivity contribution in [2.45, 2.75) is 6.18 Å². The first-order valence-electron chi connectivity index (χ1n) is 5.57. The number of sulfonamides is 1. The molecule has 0 radical (unpaired) electrons. The van der Waals surface area contributed by atoms with E-state index in [1.54, 1.807) is 0 Å². The number of nitrogens with one attached hydrogen (secondary N) is 2. The first-order chi connectivity index (χ1) is 9.55. The number of hydrogen-bond acceptors (Lipinski definition) is 4. The smallest absolute Gasteiger partial charge is 0.362 e. The van der Waals surface area contributed by atoms with Gasteiger partial charge in [0.05, 0.1) is 11.9 Å². The number of benzene rings is 1. The fourth-order valence-corrected chi connectivity index (χ4v) is 1.89. The highest BCUT2D eigenvalue weighted by molar-refractivity contribution is 7.92. The number of amides is 1. The van der Waals surface area contributed by atoms with Crippen LogP contribution < -0.4 is 10.0 Å². The van der Waals surface area contributed by atoms with Crippen LogP contribution in [0.2, 0.25) is 0 Å². The number of ether oxygens (including phenoxy) is 1. The van der Waals surface area contributed by atoms with Gasteiger partial charge in [-0.3, -0.25) is 9.52 Å². The van der Waals surface area contributed by atoms with Gasteiger partial charge in [0.2, 0.25) is 15.9 Å². The molecule has 0 aromatic heterocycles. The number of hydrogen-bond donors (Lipinski definition) is 2. The zero-order valence-corrected chi connectivity index (χ0v) is 11.7. The minimum atomic E-state index is -4.50. The number of alkyl halides is 3. The van der Waals surface area contributed by atoms with E-state index in [4.69, 9.17) is 0 Å². The van der Waals surface area contributed by atoms with Crippen LogP contribution in [0.25, 0.3) is 0 Å². The van der Waals surface area contributed by atoms with Gasteiger partial charge >= 0.3 is 6.18 Å². The number of halogens is 3. The van der Waals surface area contributed by atoms with Crippen molar-refractivity contribution in [1.82, 2.24) is 0 Å². The zero-order valence-electron chi connectivity index (χ0n) is 10.9. The maximum atomic E-state index is 11.8. The summed E-state index contributed by atoms with van der Waals surface area (Å²) >= 11 is 0. The molecule has 0 aliphatic heterocycles. The molecule has 0 aliphatic carbocycles. The largest absolute Gasteiger partial charge is 0.411 e. The molecule has 2 N–H and O–H groups in total. The van der Waals surface area contributed by atoms with Gasteiger partial charge < -0.3 is 10.1 Å². The third-order valence-corrected chi connectivity index (χ3v) is 2.55. The van der Waals surface area contributed by atoms with E-state index < -0.39 is 35.3 Å². The highest BCUT2D eigenvalue weighted by Gasteiger charge is 2.27. The summed E-state index contributed by atoms with van der Waals surface area (Å²) in [6, 6.07) is 5.70. The summed E-state index contributed by atoms with van der Waals surface area (Å²) in [6.45, 7) is -2.28. The number of carbonyl (C=O) groups is 1. The van der Waals surface area contributed by atoms with E-state index in [2.05, 4.69) is 14.8 Å². The van der Waals surface area contributed by atoms with E-state index in [9.17, 15) is 26.4 Å². The maximum Gasteiger partial charge on any atom is 0.411 e. The Morgan fingerprint density at radius 1 is 1.29 bits per heavy atom. The predicted octanol–water partition coefficient (Wildman–Crippen LogP) is 1.58. The summed E-state index contributed by atoms with van der Waals surface area (Å²) in [5.41, 5.74) is 0.441. The van der Waals surface area contributed by atoms with Crippen LogP contribution in [0.5, 0.6) is 0 Å². The van der Waals surface area contributed by atoms with Crippen LogP contribution in [0.15, 0.2) is 24.3 Å². The van der Waals surface area contributed by atoms with Gasteiger partial charge in [-0.1, -0.05) is 6.07 Å². The summed E-state index contributed by atoms with van der Waals surface area (Å²) in [6.07, 6.45) is -3.54. The van der Waals surface area contributed by atoms with Crippen LogP contribution in [0.4, 0.5) is 24.5 Å². The summed E-state index contributed by atoms with van der Waals surface area (Å²) in [5, 5.41) is 2.29. The second kappa shape index (κ2) is 6.76. The lowest BCUT2D eigenvalue weighted by Crippen LogP contribution is -2.24. The minimum absolute atomic E-state index is 0.214. The normalized spacial score (nSPS) is 12.0. The molecule has 1 rings (SSSR count). The average Bonchev–Trinajstić information content (AvgIpc) is 2.24. The van der Waals surface area contributed by atoms with E-state index in [0.717, 1.165) is 6.26 Å². The fraction of sp³-hybridized carbons (Fsp3) is 0.364. The monoisotopic (exact) mass is 326 g/mol. The summed E-state index contributed by atoms with van der Waals surface area (Å²) in [7, 11) is -3.47. The first-order valence-corrected chi connectivity index (χ1v) is 7.46. The SMILES string of the molecule is CS(=O)(=O)Nc1cccc(NC(=O)COCC(F)(F)F)c1. The molecule has 0 heterocycles. The molecule has 6 nitrogen and oxygen atoms in total. The van der Waals surface area contributed by atoms with Gasteiger partial charge in [-0.2, -0.15) is 13.2 Å². The second-order valence-corrected chi connectivity index (χ2v) is 5.86. The minimum Gasteiger partial charge on any atom is -0.362 e. The van der Waals surface area contributed by atoms with Crippen LogP contribution in [0.1, 0.15) is 0 Å². The number of carbonyl (C=O) groups excluding carboxylic acids is 1. The van der Waals surface area contributed by atoms with Crippen LogP contribution in [-0.2, 0) is 19.6 Å². The molecule has 0 atom stereocenters. The number of rotatable bonds is 6. The maximum absolute atomic E-state index is 11.8. The van der Waals surface area contributed by atoms with Gasteiger partial charge in [0.1, 0.15) is 13.2 Å². The Morgan fingerprint density at radius 2 is 1.90 bits per heavy atom. The third-order valence-electron chi connectivity index (χ3n) is 1.95. The van der Waals surface area contributed by atoms with Crippen molar-refractivity contribution >= 4 is 27.3 Å². The van der Waals surface area contributed by atoms with Gasteiger partial charge in [0.15, 0.2) is 0 Å². The Hall–Kier alpha value is -1.81. The van der Waals surface area contributed by atoms with Crippen LogP contribution in [0, 0.1) is 0 Å². The molecule has 0 spiro atoms. The van der Waals surface area contributed by atoms with Gasteiger partial charge in [0, 0.05) is 5.69 Å². The van der Waals surface area contributed by atoms with Crippen LogP contribution >= 0.6 is 0 Å². The lowest BCUT2D eigenvalue weighted by atomic mass is 10.3. The molecule has 0 bridgehead atoms. The van der Waals surface area contributed by atoms with Crippen molar-refractivity contribution in [2.24, 2.45) is 0 Å². The summed E-state index contributed by atoms with van der Waals surface area (Å²) < 4.78 is 63.9. The molecule has 1 amide bonds. The van der Waals surface area contributed by atoms with Crippen molar-refractivity contribution in [3.63, 3.8) is 0 Å². The van der Waals surface area contributed by atoms with Crippen molar-refractivity contribution in [2.75, 3.05) is 29.5 Å². The molecule has 0 saturated heterocycles. The van der Waals surface area contributed by atoms with Crippen molar-refractivity contribution in [1.29, 1.82) is 0 Å². The Balaban J connectivity index is 2.55. The van der Waals surface area contributed by atoms with E-state index >= 15 is 0 Å². The Labute approximate surface area is 119 Å². The molecule has 1 aromatic rings. The lowest BCUT2D eigenvalue weighted by Gasteiger charge is -2.09. The molecule has 21 heavy (non-hydrogen) atoms. The molecule has 1 aromatic carbocycles. The molecule has 10 heteroatoms.